The fraction of sp³-hybridized carbons (Fsp3) is 0.200. The summed E-state index contributed by atoms with van der Waals surface area (Å²) in [6, 6.07) is 10.7. The fourth-order valence-corrected chi connectivity index (χ4v) is 1.56. The summed E-state index contributed by atoms with van der Waals surface area (Å²) < 4.78 is 10.5. The molecule has 0 bridgehead atoms. The number of hydrogen-bond donors (Lipinski definition) is 1. The first-order valence-corrected chi connectivity index (χ1v) is 6.17. The number of aryl methyl sites for hydroxylation is 1. The van der Waals surface area contributed by atoms with Crippen LogP contribution in [-0.2, 0) is 4.79 Å². The van der Waals surface area contributed by atoms with Gasteiger partial charge in [-0.05, 0) is 30.7 Å². The van der Waals surface area contributed by atoms with E-state index in [2.05, 4.69) is 10.3 Å². The highest BCUT2D eigenvalue weighted by atomic mass is 16.5. The van der Waals surface area contributed by atoms with Gasteiger partial charge in [0.2, 0.25) is 0 Å². The molecule has 1 aromatic carbocycles. The minimum absolute atomic E-state index is 0.0806. The quantitative estimate of drug-likeness (QED) is 0.908. The van der Waals surface area contributed by atoms with E-state index in [0.29, 0.717) is 17.3 Å². The van der Waals surface area contributed by atoms with E-state index in [0.717, 1.165) is 5.56 Å². The summed E-state index contributed by atoms with van der Waals surface area (Å²) >= 11 is 0. The highest BCUT2D eigenvalue weighted by Gasteiger charge is 2.05. The Morgan fingerprint density at radius 1 is 1.25 bits per heavy atom. The van der Waals surface area contributed by atoms with Crippen molar-refractivity contribution in [2.75, 3.05) is 19.0 Å². The lowest BCUT2D eigenvalue weighted by Crippen LogP contribution is -2.20. The van der Waals surface area contributed by atoms with E-state index in [1.54, 1.807) is 37.6 Å². The molecule has 0 aliphatic heterocycles. The highest BCUT2D eigenvalue weighted by molar-refractivity contribution is 5.90. The minimum atomic E-state index is -0.260. The molecule has 2 aromatic rings. The average Bonchev–Trinajstić information content (AvgIpc) is 2.48. The molecule has 5 heteroatoms. The Labute approximate surface area is 117 Å². The summed E-state index contributed by atoms with van der Waals surface area (Å²) in [4.78, 5) is 15.8. The third kappa shape index (κ3) is 3.98. The molecule has 0 unspecified atom stereocenters. The first kappa shape index (κ1) is 13.9. The van der Waals surface area contributed by atoms with Gasteiger partial charge in [-0.3, -0.25) is 4.79 Å². The molecule has 1 amide bonds. The number of carbonyl (C=O) groups is 1. The van der Waals surface area contributed by atoms with Crippen molar-refractivity contribution in [2.45, 2.75) is 6.92 Å². The van der Waals surface area contributed by atoms with Crippen LogP contribution in [0.4, 0.5) is 5.82 Å². The Morgan fingerprint density at radius 3 is 2.75 bits per heavy atom. The van der Waals surface area contributed by atoms with Crippen LogP contribution >= 0.6 is 0 Å². The molecule has 0 atom stereocenters. The molecule has 0 saturated heterocycles. The molecule has 0 saturated carbocycles. The zero-order valence-corrected chi connectivity index (χ0v) is 11.4. The predicted molar refractivity (Wildman–Crippen MR) is 76.1 cm³/mol. The molecule has 104 valence electrons. The van der Waals surface area contributed by atoms with Gasteiger partial charge in [-0.2, -0.15) is 0 Å². The van der Waals surface area contributed by atoms with Crippen molar-refractivity contribution in [3.63, 3.8) is 0 Å². The van der Waals surface area contributed by atoms with Crippen molar-refractivity contribution in [2.24, 2.45) is 0 Å². The molecule has 0 radical (unpaired) electrons. The number of pyridine rings is 1. The van der Waals surface area contributed by atoms with Crippen molar-refractivity contribution in [1.82, 2.24) is 4.98 Å². The normalized spacial score (nSPS) is 9.90. The maximum atomic E-state index is 11.7. The Hall–Kier alpha value is -2.56. The summed E-state index contributed by atoms with van der Waals surface area (Å²) in [6.45, 7) is 1.85. The molecular weight excluding hydrogens is 256 g/mol. The van der Waals surface area contributed by atoms with Crippen LogP contribution in [0.1, 0.15) is 5.56 Å². The van der Waals surface area contributed by atoms with E-state index in [-0.39, 0.29) is 12.5 Å². The zero-order valence-electron chi connectivity index (χ0n) is 11.4. The van der Waals surface area contributed by atoms with E-state index in [4.69, 9.17) is 9.47 Å². The number of carbonyl (C=O) groups excluding carboxylic acids is 1. The molecule has 0 aliphatic carbocycles. The Kier molecular flexibility index (Phi) is 4.55. The zero-order chi connectivity index (χ0) is 14.4. The molecule has 5 nitrogen and oxygen atoms in total. The van der Waals surface area contributed by atoms with Crippen LogP contribution in [0.5, 0.6) is 11.5 Å². The van der Waals surface area contributed by atoms with Crippen molar-refractivity contribution in [3.8, 4) is 11.5 Å². The van der Waals surface area contributed by atoms with E-state index < -0.39 is 0 Å². The second kappa shape index (κ2) is 6.56. The largest absolute Gasteiger partial charge is 0.497 e. The van der Waals surface area contributed by atoms with Gasteiger partial charge in [0, 0.05) is 12.3 Å². The smallest absolute Gasteiger partial charge is 0.263 e. The van der Waals surface area contributed by atoms with Crippen molar-refractivity contribution in [1.29, 1.82) is 0 Å². The molecule has 0 fully saturated rings. The number of methoxy groups -OCH3 is 1. The lowest BCUT2D eigenvalue weighted by atomic mass is 10.3. The maximum absolute atomic E-state index is 11.7. The predicted octanol–water partition coefficient (Wildman–Crippen LogP) is 2.42. The molecule has 0 aliphatic rings. The Morgan fingerprint density at radius 2 is 2.05 bits per heavy atom. The second-order valence-corrected chi connectivity index (χ2v) is 4.24. The number of hydrogen-bond acceptors (Lipinski definition) is 4. The summed E-state index contributed by atoms with van der Waals surface area (Å²) in [5.74, 6) is 1.51. The van der Waals surface area contributed by atoms with E-state index in [9.17, 15) is 4.79 Å². The summed E-state index contributed by atoms with van der Waals surface area (Å²) in [7, 11) is 1.58. The Bertz CT molecular complexity index is 582. The van der Waals surface area contributed by atoms with Gasteiger partial charge in [-0.15, -0.1) is 0 Å². The van der Waals surface area contributed by atoms with E-state index in [1.165, 1.54) is 0 Å². The first-order chi connectivity index (χ1) is 9.67. The van der Waals surface area contributed by atoms with Gasteiger partial charge in [-0.25, -0.2) is 4.98 Å². The van der Waals surface area contributed by atoms with Gasteiger partial charge >= 0.3 is 0 Å². The van der Waals surface area contributed by atoms with Crippen molar-refractivity contribution >= 4 is 11.7 Å². The van der Waals surface area contributed by atoms with Gasteiger partial charge in [0.05, 0.1) is 7.11 Å². The third-order valence-electron chi connectivity index (χ3n) is 2.59. The van der Waals surface area contributed by atoms with E-state index in [1.807, 2.05) is 19.1 Å². The summed E-state index contributed by atoms with van der Waals surface area (Å²) in [6.07, 6.45) is 1.69. The topological polar surface area (TPSA) is 60.5 Å². The van der Waals surface area contributed by atoms with Crippen LogP contribution < -0.4 is 14.8 Å². The fourth-order valence-electron chi connectivity index (χ4n) is 1.56. The lowest BCUT2D eigenvalue weighted by molar-refractivity contribution is -0.118. The molecular formula is C15H16N2O3. The van der Waals surface area contributed by atoms with Gasteiger partial charge in [0.25, 0.3) is 5.91 Å². The van der Waals surface area contributed by atoms with Crippen LogP contribution in [0.15, 0.2) is 42.6 Å². The number of nitrogens with one attached hydrogen (secondary N) is 1. The van der Waals surface area contributed by atoms with Gasteiger partial charge in [0.15, 0.2) is 6.61 Å². The molecule has 20 heavy (non-hydrogen) atoms. The van der Waals surface area contributed by atoms with Gasteiger partial charge in [-0.1, -0.05) is 12.1 Å². The Balaban J connectivity index is 1.87. The molecule has 1 heterocycles. The monoisotopic (exact) mass is 272 g/mol. The minimum Gasteiger partial charge on any atom is -0.497 e. The average molecular weight is 272 g/mol. The van der Waals surface area contributed by atoms with Crippen LogP contribution in [0, 0.1) is 6.92 Å². The number of benzene rings is 1. The number of ether oxygens (including phenoxy) is 2. The highest BCUT2D eigenvalue weighted by Crippen LogP contribution is 2.18. The van der Waals surface area contributed by atoms with Crippen molar-refractivity contribution in [3.05, 3.63) is 48.2 Å². The van der Waals surface area contributed by atoms with Crippen LogP contribution in [0.2, 0.25) is 0 Å². The number of amides is 1. The third-order valence-corrected chi connectivity index (χ3v) is 2.59. The van der Waals surface area contributed by atoms with Crippen LogP contribution in [0.3, 0.4) is 0 Å². The number of aromatic nitrogens is 1. The van der Waals surface area contributed by atoms with Gasteiger partial charge in [0.1, 0.15) is 17.3 Å². The summed E-state index contributed by atoms with van der Waals surface area (Å²) in [5, 5.41) is 2.66. The molecule has 2 rings (SSSR count). The van der Waals surface area contributed by atoms with E-state index >= 15 is 0 Å². The maximum Gasteiger partial charge on any atom is 0.263 e. The van der Waals surface area contributed by atoms with Crippen LogP contribution in [0.25, 0.3) is 0 Å². The van der Waals surface area contributed by atoms with Gasteiger partial charge < -0.3 is 14.8 Å². The number of anilines is 1. The van der Waals surface area contributed by atoms with Crippen LogP contribution in [-0.4, -0.2) is 24.6 Å². The number of nitrogens with zero attached hydrogens (tertiary/aromatic N) is 1. The number of rotatable bonds is 5. The second-order valence-electron chi connectivity index (χ2n) is 4.24. The standard InChI is InChI=1S/C15H16N2O3/c1-11-6-7-14(16-9-11)17-15(18)10-20-13-5-3-4-12(8-13)19-2/h3-9H,10H2,1-2H3,(H,16,17,18). The molecule has 1 N–H and O–H groups in total. The first-order valence-electron chi connectivity index (χ1n) is 6.17. The SMILES string of the molecule is COc1cccc(OCC(=O)Nc2ccc(C)cn2)c1. The lowest BCUT2D eigenvalue weighted by Gasteiger charge is -2.08. The van der Waals surface area contributed by atoms with Crippen molar-refractivity contribution < 1.29 is 14.3 Å². The summed E-state index contributed by atoms with van der Waals surface area (Å²) in [5.41, 5.74) is 1.04. The molecule has 0 spiro atoms. The molecule has 1 aromatic heterocycles.